The molecule has 1 N–H and O–H groups in total. The second-order valence-electron chi connectivity index (χ2n) is 3.66. The molecule has 5 nitrogen and oxygen atoms in total. The summed E-state index contributed by atoms with van der Waals surface area (Å²) in [4.78, 5) is 14.5. The lowest BCUT2D eigenvalue weighted by Gasteiger charge is -2.02. The highest BCUT2D eigenvalue weighted by atomic mass is 35.5. The molecule has 0 amide bonds. The van der Waals surface area contributed by atoms with Crippen molar-refractivity contribution in [3.63, 3.8) is 0 Å². The van der Waals surface area contributed by atoms with E-state index in [9.17, 15) is 13.2 Å². The number of aromatic carboxylic acids is 1. The normalized spacial score (nSPS) is 11.4. The van der Waals surface area contributed by atoms with E-state index in [2.05, 4.69) is 4.98 Å². The quantitative estimate of drug-likeness (QED) is 0.936. The van der Waals surface area contributed by atoms with Crippen LogP contribution in [-0.4, -0.2) is 24.5 Å². The van der Waals surface area contributed by atoms with Crippen LogP contribution in [0.1, 0.15) is 15.5 Å². The van der Waals surface area contributed by atoms with Gasteiger partial charge in [-0.1, -0.05) is 11.6 Å². The summed E-state index contributed by atoms with van der Waals surface area (Å²) < 4.78 is 24.1. The predicted octanol–water partition coefficient (Wildman–Crippen LogP) is 2.47. The fourth-order valence-corrected chi connectivity index (χ4v) is 3.53. The molecule has 0 aliphatic heterocycles. The first-order chi connectivity index (χ1) is 8.88. The van der Waals surface area contributed by atoms with E-state index in [4.69, 9.17) is 16.7 Å². The molecule has 0 bridgehead atoms. The van der Waals surface area contributed by atoms with E-state index in [1.165, 1.54) is 29.6 Å². The van der Waals surface area contributed by atoms with Crippen molar-refractivity contribution in [2.24, 2.45) is 0 Å². The third-order valence-electron chi connectivity index (χ3n) is 2.25. The van der Waals surface area contributed by atoms with Gasteiger partial charge in [-0.25, -0.2) is 18.2 Å². The van der Waals surface area contributed by atoms with Crippen LogP contribution in [0.4, 0.5) is 0 Å². The number of rotatable bonds is 4. The Morgan fingerprint density at radius 1 is 1.32 bits per heavy atom. The van der Waals surface area contributed by atoms with Crippen LogP contribution in [-0.2, 0) is 15.6 Å². The van der Waals surface area contributed by atoms with Gasteiger partial charge in [-0.3, -0.25) is 0 Å². The first kappa shape index (κ1) is 14.0. The van der Waals surface area contributed by atoms with E-state index in [0.29, 0.717) is 5.02 Å². The number of carbonyl (C=O) groups is 1. The largest absolute Gasteiger partial charge is 0.476 e. The highest BCUT2D eigenvalue weighted by Gasteiger charge is 2.18. The minimum absolute atomic E-state index is 0.124. The Kier molecular flexibility index (Phi) is 3.88. The van der Waals surface area contributed by atoms with Gasteiger partial charge < -0.3 is 5.11 Å². The number of sulfone groups is 1. The summed E-state index contributed by atoms with van der Waals surface area (Å²) in [7, 11) is -3.55. The molecule has 2 rings (SSSR count). The fourth-order valence-electron chi connectivity index (χ4n) is 1.39. The van der Waals surface area contributed by atoms with Gasteiger partial charge in [-0.15, -0.1) is 11.3 Å². The van der Waals surface area contributed by atoms with Gasteiger partial charge in [-0.2, -0.15) is 0 Å². The number of halogens is 1. The van der Waals surface area contributed by atoms with Crippen molar-refractivity contribution < 1.29 is 18.3 Å². The van der Waals surface area contributed by atoms with Crippen LogP contribution >= 0.6 is 22.9 Å². The van der Waals surface area contributed by atoms with Crippen molar-refractivity contribution in [3.8, 4) is 0 Å². The van der Waals surface area contributed by atoms with Crippen molar-refractivity contribution >= 4 is 38.7 Å². The maximum atomic E-state index is 12.1. The molecular weight excluding hydrogens is 310 g/mol. The second kappa shape index (κ2) is 5.28. The molecule has 0 spiro atoms. The Morgan fingerprint density at radius 2 is 1.95 bits per heavy atom. The number of hydrogen-bond donors (Lipinski definition) is 1. The van der Waals surface area contributed by atoms with Crippen LogP contribution in [0.15, 0.2) is 34.5 Å². The molecule has 0 saturated carbocycles. The molecule has 19 heavy (non-hydrogen) atoms. The minimum Gasteiger partial charge on any atom is -0.476 e. The molecule has 0 aliphatic carbocycles. The smallest absolute Gasteiger partial charge is 0.365 e. The van der Waals surface area contributed by atoms with E-state index in [1.54, 1.807) is 0 Å². The van der Waals surface area contributed by atoms with Crippen molar-refractivity contribution in [3.05, 3.63) is 45.4 Å². The van der Waals surface area contributed by atoms with Crippen LogP contribution in [0.3, 0.4) is 0 Å². The van der Waals surface area contributed by atoms with Crippen LogP contribution in [0, 0.1) is 0 Å². The Hall–Kier alpha value is -1.44. The summed E-state index contributed by atoms with van der Waals surface area (Å²) >= 11 is 6.59. The number of nitrogens with zero attached hydrogens (tertiary/aromatic N) is 1. The number of hydrogen-bond acceptors (Lipinski definition) is 5. The third-order valence-corrected chi connectivity index (χ3v) is 5.04. The van der Waals surface area contributed by atoms with E-state index >= 15 is 0 Å². The van der Waals surface area contributed by atoms with Crippen LogP contribution in [0.2, 0.25) is 5.02 Å². The number of carboxylic acids is 1. The Balaban J connectivity index is 2.25. The van der Waals surface area contributed by atoms with Gasteiger partial charge in [-0.05, 0) is 24.3 Å². The van der Waals surface area contributed by atoms with Crippen LogP contribution in [0.5, 0.6) is 0 Å². The average molecular weight is 318 g/mol. The van der Waals surface area contributed by atoms with Gasteiger partial charge in [0.2, 0.25) is 5.01 Å². The summed E-state index contributed by atoms with van der Waals surface area (Å²) in [6.45, 7) is 0. The minimum atomic E-state index is -3.55. The van der Waals surface area contributed by atoms with Crippen molar-refractivity contribution in [1.82, 2.24) is 4.98 Å². The molecule has 2 aromatic rings. The lowest BCUT2D eigenvalue weighted by molar-refractivity contribution is 0.0696. The molecule has 8 heteroatoms. The molecule has 0 unspecified atom stereocenters. The van der Waals surface area contributed by atoms with Crippen LogP contribution < -0.4 is 0 Å². The van der Waals surface area contributed by atoms with Crippen molar-refractivity contribution in [1.29, 1.82) is 0 Å². The fraction of sp³-hybridized carbons (Fsp3) is 0.0909. The van der Waals surface area contributed by atoms with Gasteiger partial charge >= 0.3 is 5.97 Å². The Labute approximate surface area is 118 Å². The number of aromatic nitrogens is 1. The molecular formula is C11H8ClNO4S2. The topological polar surface area (TPSA) is 84.3 Å². The summed E-state index contributed by atoms with van der Waals surface area (Å²) in [6, 6.07) is 5.78. The molecule has 1 aromatic carbocycles. The zero-order chi connectivity index (χ0) is 14.0. The number of carboxylic acid groups (broad SMARTS) is 1. The molecule has 0 atom stereocenters. The van der Waals surface area contributed by atoms with Crippen molar-refractivity contribution in [2.75, 3.05) is 0 Å². The lowest BCUT2D eigenvalue weighted by atomic mass is 10.4. The molecule has 100 valence electrons. The number of thiazole rings is 1. The monoisotopic (exact) mass is 317 g/mol. The first-order valence-electron chi connectivity index (χ1n) is 5.04. The third kappa shape index (κ3) is 3.31. The summed E-state index contributed by atoms with van der Waals surface area (Å²) in [6.07, 6.45) is 0. The molecule has 0 aliphatic rings. The molecule has 0 saturated heterocycles. The average Bonchev–Trinajstić information content (AvgIpc) is 2.77. The Morgan fingerprint density at radius 3 is 2.47 bits per heavy atom. The summed E-state index contributed by atoms with van der Waals surface area (Å²) in [5, 5.41) is 10.5. The summed E-state index contributed by atoms with van der Waals surface area (Å²) in [5.41, 5.74) is 0.220. The standard InChI is InChI=1S/C11H8ClNO4S2/c12-7-1-3-9(4-2-7)19(16,17)6-8-5-18-10(13-8)11(14)15/h1-5H,6H2,(H,14,15). The molecule has 0 radical (unpaired) electrons. The SMILES string of the molecule is O=C(O)c1nc(CS(=O)(=O)c2ccc(Cl)cc2)cs1. The maximum Gasteiger partial charge on any atom is 0.365 e. The highest BCUT2D eigenvalue weighted by molar-refractivity contribution is 7.90. The second-order valence-corrected chi connectivity index (χ2v) is 6.95. The van der Waals surface area contributed by atoms with E-state index in [0.717, 1.165) is 11.3 Å². The zero-order valence-electron chi connectivity index (χ0n) is 9.41. The zero-order valence-corrected chi connectivity index (χ0v) is 11.8. The van der Waals surface area contributed by atoms with E-state index in [-0.39, 0.29) is 21.3 Å². The van der Waals surface area contributed by atoms with Gasteiger partial charge in [0.05, 0.1) is 16.3 Å². The van der Waals surface area contributed by atoms with Gasteiger partial charge in [0.25, 0.3) is 0 Å². The first-order valence-corrected chi connectivity index (χ1v) is 7.95. The van der Waals surface area contributed by atoms with Crippen molar-refractivity contribution in [2.45, 2.75) is 10.6 Å². The predicted molar refractivity (Wildman–Crippen MR) is 71.4 cm³/mol. The number of benzene rings is 1. The molecule has 1 heterocycles. The maximum absolute atomic E-state index is 12.1. The van der Waals surface area contributed by atoms with Gasteiger partial charge in [0.1, 0.15) is 0 Å². The van der Waals surface area contributed by atoms with Gasteiger partial charge in [0, 0.05) is 10.4 Å². The molecule has 1 aromatic heterocycles. The Bertz CT molecular complexity index is 707. The summed E-state index contributed by atoms with van der Waals surface area (Å²) in [5.74, 6) is -1.50. The lowest BCUT2D eigenvalue weighted by Crippen LogP contribution is -2.05. The highest BCUT2D eigenvalue weighted by Crippen LogP contribution is 2.20. The van der Waals surface area contributed by atoms with E-state index in [1.807, 2.05) is 0 Å². The molecule has 0 fully saturated rings. The van der Waals surface area contributed by atoms with Crippen LogP contribution in [0.25, 0.3) is 0 Å². The van der Waals surface area contributed by atoms with Gasteiger partial charge in [0.15, 0.2) is 9.84 Å². The van der Waals surface area contributed by atoms with E-state index < -0.39 is 15.8 Å².